The number of carbonyl (C=O) groups excluding carboxylic acids is 1. The molecule has 1 amide bonds. The Balaban J connectivity index is 2.00. The number of ether oxygens (including phenoxy) is 1. The number of aryl methyl sites for hydroxylation is 1. The maximum absolute atomic E-state index is 13.4. The van der Waals surface area contributed by atoms with E-state index in [4.69, 9.17) is 39.5 Å². The summed E-state index contributed by atoms with van der Waals surface area (Å²) in [6, 6.07) is 15.4. The number of benzene rings is 3. The zero-order valence-electron chi connectivity index (χ0n) is 17.1. The largest absolute Gasteiger partial charge is 0.495 e. The zero-order valence-corrected chi connectivity index (χ0v) is 20.2. The van der Waals surface area contributed by atoms with Gasteiger partial charge in [-0.1, -0.05) is 52.5 Å². The topological polar surface area (TPSA) is 75.7 Å². The molecule has 3 aromatic rings. The summed E-state index contributed by atoms with van der Waals surface area (Å²) in [5, 5.41) is 3.44. The quantitative estimate of drug-likeness (QED) is 0.433. The summed E-state index contributed by atoms with van der Waals surface area (Å²) in [6.45, 7) is 1.32. The van der Waals surface area contributed by atoms with Crippen molar-refractivity contribution in [1.29, 1.82) is 0 Å². The molecule has 0 radical (unpaired) electrons. The van der Waals surface area contributed by atoms with Crippen molar-refractivity contribution in [2.24, 2.45) is 0 Å². The highest BCUT2D eigenvalue weighted by atomic mass is 35.5. The normalized spacial score (nSPS) is 11.2. The van der Waals surface area contributed by atoms with Crippen LogP contribution in [0.25, 0.3) is 0 Å². The second-order valence-corrected chi connectivity index (χ2v) is 9.93. The van der Waals surface area contributed by atoms with E-state index in [-0.39, 0.29) is 26.3 Å². The van der Waals surface area contributed by atoms with Gasteiger partial charge in [0.15, 0.2) is 0 Å². The number of methoxy groups -OCH3 is 1. The molecule has 1 N–H and O–H groups in total. The molecule has 0 fully saturated rings. The Kier molecular flexibility index (Phi) is 7.56. The van der Waals surface area contributed by atoms with E-state index >= 15 is 0 Å². The maximum atomic E-state index is 13.4. The van der Waals surface area contributed by atoms with E-state index in [1.165, 1.54) is 49.6 Å². The first-order valence-electron chi connectivity index (χ1n) is 9.29. The maximum Gasteiger partial charge on any atom is 0.264 e. The highest BCUT2D eigenvalue weighted by molar-refractivity contribution is 7.92. The minimum absolute atomic E-state index is 0.0311. The number of halogens is 3. The minimum atomic E-state index is -4.10. The van der Waals surface area contributed by atoms with Gasteiger partial charge in [0, 0.05) is 5.02 Å². The van der Waals surface area contributed by atoms with Gasteiger partial charge in [0.1, 0.15) is 12.3 Å². The molecule has 3 aromatic carbocycles. The lowest BCUT2D eigenvalue weighted by Crippen LogP contribution is -2.38. The van der Waals surface area contributed by atoms with E-state index in [0.717, 1.165) is 9.87 Å². The van der Waals surface area contributed by atoms with Gasteiger partial charge in [0.05, 0.1) is 33.4 Å². The smallest absolute Gasteiger partial charge is 0.264 e. The number of rotatable bonds is 7. The monoisotopic (exact) mass is 512 g/mol. The van der Waals surface area contributed by atoms with Gasteiger partial charge in [-0.3, -0.25) is 9.10 Å². The Morgan fingerprint density at radius 1 is 0.969 bits per heavy atom. The molecule has 168 valence electrons. The van der Waals surface area contributed by atoms with E-state index < -0.39 is 22.5 Å². The predicted molar refractivity (Wildman–Crippen MR) is 129 cm³/mol. The zero-order chi connectivity index (χ0) is 23.5. The lowest BCUT2D eigenvalue weighted by Gasteiger charge is -2.25. The fourth-order valence-electron chi connectivity index (χ4n) is 2.88. The fourth-order valence-corrected chi connectivity index (χ4v) is 4.88. The van der Waals surface area contributed by atoms with Crippen LogP contribution in [0.5, 0.6) is 5.75 Å². The van der Waals surface area contributed by atoms with Gasteiger partial charge in [-0.25, -0.2) is 8.42 Å². The van der Waals surface area contributed by atoms with E-state index in [1.54, 1.807) is 18.2 Å². The van der Waals surface area contributed by atoms with Crippen LogP contribution in [0.2, 0.25) is 15.1 Å². The number of amides is 1. The molecule has 0 aliphatic carbocycles. The lowest BCUT2D eigenvalue weighted by atomic mass is 10.2. The van der Waals surface area contributed by atoms with Crippen molar-refractivity contribution in [2.75, 3.05) is 23.3 Å². The minimum Gasteiger partial charge on any atom is -0.495 e. The van der Waals surface area contributed by atoms with Gasteiger partial charge < -0.3 is 10.1 Å². The summed E-state index contributed by atoms with van der Waals surface area (Å²) in [6.07, 6.45) is 0. The van der Waals surface area contributed by atoms with Gasteiger partial charge in [-0.05, 0) is 55.5 Å². The third-order valence-electron chi connectivity index (χ3n) is 4.52. The highest BCUT2D eigenvalue weighted by Crippen LogP contribution is 2.32. The average molecular weight is 514 g/mol. The molecule has 0 heterocycles. The molecule has 0 bridgehead atoms. The molecule has 0 aliphatic rings. The van der Waals surface area contributed by atoms with Crippen LogP contribution >= 0.6 is 34.8 Å². The molecular weight excluding hydrogens is 495 g/mol. The number of nitrogens with zero attached hydrogens (tertiary/aromatic N) is 1. The predicted octanol–water partition coefficient (Wildman–Crippen LogP) is 5.80. The van der Waals surface area contributed by atoms with Gasteiger partial charge in [0.25, 0.3) is 10.0 Å². The molecule has 0 aromatic heterocycles. The molecule has 32 heavy (non-hydrogen) atoms. The Hall–Kier alpha value is -2.45. The molecule has 0 unspecified atom stereocenters. The van der Waals surface area contributed by atoms with Crippen LogP contribution in [-0.2, 0) is 14.8 Å². The van der Waals surface area contributed by atoms with Crippen molar-refractivity contribution >= 4 is 62.1 Å². The summed E-state index contributed by atoms with van der Waals surface area (Å²) in [5.74, 6) is -0.241. The van der Waals surface area contributed by atoms with Crippen molar-refractivity contribution in [3.63, 3.8) is 0 Å². The van der Waals surface area contributed by atoms with E-state index in [9.17, 15) is 13.2 Å². The van der Waals surface area contributed by atoms with E-state index in [0.29, 0.717) is 10.8 Å². The molecule has 0 saturated heterocycles. The van der Waals surface area contributed by atoms with Gasteiger partial charge in [0.2, 0.25) is 5.91 Å². The van der Waals surface area contributed by atoms with Crippen molar-refractivity contribution in [2.45, 2.75) is 11.8 Å². The number of carbonyl (C=O) groups is 1. The lowest BCUT2D eigenvalue weighted by molar-refractivity contribution is -0.114. The third kappa shape index (κ3) is 5.48. The van der Waals surface area contributed by atoms with E-state index in [2.05, 4.69) is 5.32 Å². The fraction of sp³-hybridized carbons (Fsp3) is 0.136. The number of hydrogen-bond acceptors (Lipinski definition) is 4. The summed E-state index contributed by atoms with van der Waals surface area (Å²) < 4.78 is 33.0. The molecule has 0 saturated carbocycles. The molecule has 3 rings (SSSR count). The second kappa shape index (κ2) is 10.0. The Morgan fingerprint density at radius 2 is 1.66 bits per heavy atom. The van der Waals surface area contributed by atoms with Crippen LogP contribution in [0.15, 0.2) is 65.6 Å². The van der Waals surface area contributed by atoms with E-state index in [1.807, 2.05) is 6.92 Å². The number of nitrogens with one attached hydrogen (secondary N) is 1. The van der Waals surface area contributed by atoms with Gasteiger partial charge in [-0.15, -0.1) is 0 Å². The van der Waals surface area contributed by atoms with Crippen LogP contribution in [0.4, 0.5) is 11.4 Å². The summed E-state index contributed by atoms with van der Waals surface area (Å²) in [4.78, 5) is 12.9. The van der Waals surface area contributed by atoms with Crippen LogP contribution in [-0.4, -0.2) is 28.0 Å². The Morgan fingerprint density at radius 3 is 2.28 bits per heavy atom. The first kappa shape index (κ1) is 24.2. The van der Waals surface area contributed by atoms with Crippen LogP contribution in [0.3, 0.4) is 0 Å². The summed E-state index contributed by atoms with van der Waals surface area (Å²) in [5.41, 5.74) is 1.37. The SMILES string of the molecule is COc1ccc(N(CC(=O)Nc2cc(Cl)ccc2Cl)S(=O)(=O)c2ccc(C)cc2)cc1Cl. The number of hydrogen-bond donors (Lipinski definition) is 1. The Labute approximate surface area is 201 Å². The average Bonchev–Trinajstić information content (AvgIpc) is 2.75. The van der Waals surface area contributed by atoms with Crippen LogP contribution in [0.1, 0.15) is 5.56 Å². The van der Waals surface area contributed by atoms with Gasteiger partial charge >= 0.3 is 0 Å². The number of sulfonamides is 1. The summed E-state index contributed by atoms with van der Waals surface area (Å²) >= 11 is 18.3. The molecule has 6 nitrogen and oxygen atoms in total. The molecule has 0 atom stereocenters. The standard InChI is InChI=1S/C22H19Cl3N2O4S/c1-14-3-7-17(8-4-14)32(29,30)27(16-6-10-21(31-2)19(25)12-16)13-22(28)26-20-11-15(23)5-9-18(20)24/h3-12H,13H2,1-2H3,(H,26,28). The highest BCUT2D eigenvalue weighted by Gasteiger charge is 2.28. The van der Waals surface area contributed by atoms with Crippen molar-refractivity contribution < 1.29 is 17.9 Å². The Bertz CT molecular complexity index is 1250. The van der Waals surface area contributed by atoms with Crippen LogP contribution < -0.4 is 14.4 Å². The molecular formula is C22H19Cl3N2O4S. The first-order chi connectivity index (χ1) is 15.1. The second-order valence-electron chi connectivity index (χ2n) is 6.82. The molecule has 0 spiro atoms. The molecule has 0 aliphatic heterocycles. The number of anilines is 2. The van der Waals surface area contributed by atoms with Crippen molar-refractivity contribution in [3.8, 4) is 5.75 Å². The van der Waals surface area contributed by atoms with Gasteiger partial charge in [-0.2, -0.15) is 0 Å². The summed E-state index contributed by atoms with van der Waals surface area (Å²) in [7, 11) is -2.65. The van der Waals surface area contributed by atoms with Crippen molar-refractivity contribution in [1.82, 2.24) is 0 Å². The van der Waals surface area contributed by atoms with Crippen molar-refractivity contribution in [3.05, 3.63) is 81.3 Å². The van der Waals surface area contributed by atoms with Crippen LogP contribution in [0, 0.1) is 6.92 Å². The molecule has 10 heteroatoms. The first-order valence-corrected chi connectivity index (χ1v) is 11.9. The third-order valence-corrected chi connectivity index (χ3v) is 7.17.